The third kappa shape index (κ3) is 3.14. The fourth-order valence-corrected chi connectivity index (χ4v) is 3.54. The quantitative estimate of drug-likeness (QED) is 0.899. The van der Waals surface area contributed by atoms with Crippen molar-refractivity contribution in [3.63, 3.8) is 0 Å². The van der Waals surface area contributed by atoms with Crippen LogP contribution in [-0.2, 0) is 14.8 Å². The van der Waals surface area contributed by atoms with Crippen LogP contribution in [0.1, 0.15) is 24.9 Å². The van der Waals surface area contributed by atoms with Gasteiger partial charge in [0.05, 0.1) is 18.1 Å². The van der Waals surface area contributed by atoms with Gasteiger partial charge in [0, 0.05) is 19.1 Å². The Hall–Kier alpha value is -0.950. The molecule has 2 rings (SSSR count). The van der Waals surface area contributed by atoms with E-state index in [0.717, 1.165) is 12.0 Å². The summed E-state index contributed by atoms with van der Waals surface area (Å²) >= 11 is 0. The van der Waals surface area contributed by atoms with E-state index in [4.69, 9.17) is 10.5 Å². The fourth-order valence-electron chi connectivity index (χ4n) is 2.08. The van der Waals surface area contributed by atoms with Crippen LogP contribution in [0.4, 0.5) is 0 Å². The zero-order valence-electron chi connectivity index (χ0n) is 11.1. The van der Waals surface area contributed by atoms with Crippen LogP contribution < -0.4 is 5.73 Å². The topological polar surface area (TPSA) is 72.6 Å². The molecule has 1 aliphatic rings. The maximum atomic E-state index is 12.5. The summed E-state index contributed by atoms with van der Waals surface area (Å²) in [6.45, 7) is 3.70. The van der Waals surface area contributed by atoms with Gasteiger partial charge in [-0.3, -0.25) is 0 Å². The van der Waals surface area contributed by atoms with Crippen LogP contribution in [0.15, 0.2) is 29.2 Å². The van der Waals surface area contributed by atoms with E-state index >= 15 is 0 Å². The van der Waals surface area contributed by atoms with Gasteiger partial charge in [-0.15, -0.1) is 0 Å². The lowest BCUT2D eigenvalue weighted by Crippen LogP contribution is -2.40. The summed E-state index contributed by atoms with van der Waals surface area (Å²) in [4.78, 5) is 0.316. The number of benzene rings is 1. The average Bonchev–Trinajstić information content (AvgIpc) is 2.47. The maximum absolute atomic E-state index is 12.5. The zero-order chi connectivity index (χ0) is 13.9. The van der Waals surface area contributed by atoms with E-state index in [-0.39, 0.29) is 6.04 Å². The van der Waals surface area contributed by atoms with Crippen molar-refractivity contribution in [2.24, 2.45) is 5.73 Å². The van der Waals surface area contributed by atoms with Crippen LogP contribution in [0.3, 0.4) is 0 Å². The van der Waals surface area contributed by atoms with Crippen LogP contribution in [-0.4, -0.2) is 39.0 Å². The number of nitrogens with zero attached hydrogens (tertiary/aromatic N) is 1. The van der Waals surface area contributed by atoms with Gasteiger partial charge in [-0.05, 0) is 24.1 Å². The Morgan fingerprint density at radius 2 is 2.05 bits per heavy atom. The van der Waals surface area contributed by atoms with Gasteiger partial charge in [0.15, 0.2) is 0 Å². The summed E-state index contributed by atoms with van der Waals surface area (Å²) in [5, 5.41) is 0. The van der Waals surface area contributed by atoms with Crippen molar-refractivity contribution < 1.29 is 13.2 Å². The average molecular weight is 284 g/mol. The minimum absolute atomic E-state index is 0.125. The molecular weight excluding hydrogens is 264 g/mol. The lowest BCUT2D eigenvalue weighted by atomic mass is 10.1. The molecule has 1 atom stereocenters. The molecule has 0 saturated carbocycles. The molecule has 19 heavy (non-hydrogen) atoms. The molecule has 0 amide bonds. The van der Waals surface area contributed by atoms with E-state index in [2.05, 4.69) is 0 Å². The first kappa shape index (κ1) is 14.5. The molecule has 2 N–H and O–H groups in total. The Morgan fingerprint density at radius 3 is 2.68 bits per heavy atom. The molecule has 106 valence electrons. The Bertz CT molecular complexity index is 524. The second kappa shape index (κ2) is 6.00. The molecular formula is C13H20N2O3S. The fraction of sp³-hybridized carbons (Fsp3) is 0.538. The Balaban J connectivity index is 2.29. The van der Waals surface area contributed by atoms with E-state index in [0.29, 0.717) is 31.2 Å². The number of hydrogen-bond acceptors (Lipinski definition) is 4. The molecule has 1 saturated heterocycles. The molecule has 0 aromatic heterocycles. The van der Waals surface area contributed by atoms with E-state index in [9.17, 15) is 8.42 Å². The summed E-state index contributed by atoms with van der Waals surface area (Å²) < 4.78 is 31.6. The van der Waals surface area contributed by atoms with Crippen LogP contribution in [0.2, 0.25) is 0 Å². The van der Waals surface area contributed by atoms with Gasteiger partial charge in [0.2, 0.25) is 10.0 Å². The highest BCUT2D eigenvalue weighted by molar-refractivity contribution is 7.89. The highest BCUT2D eigenvalue weighted by Gasteiger charge is 2.26. The molecule has 1 fully saturated rings. The molecule has 1 aromatic carbocycles. The normalized spacial score (nSPS) is 19.3. The van der Waals surface area contributed by atoms with E-state index in [1.54, 1.807) is 18.2 Å². The molecule has 1 heterocycles. The molecule has 0 spiro atoms. The van der Waals surface area contributed by atoms with Crippen LogP contribution in [0.5, 0.6) is 0 Å². The van der Waals surface area contributed by atoms with Crippen molar-refractivity contribution in [1.82, 2.24) is 4.31 Å². The highest BCUT2D eigenvalue weighted by Crippen LogP contribution is 2.21. The number of morpholine rings is 1. The van der Waals surface area contributed by atoms with Gasteiger partial charge < -0.3 is 10.5 Å². The van der Waals surface area contributed by atoms with E-state index < -0.39 is 10.0 Å². The van der Waals surface area contributed by atoms with Crippen molar-refractivity contribution in [3.8, 4) is 0 Å². The minimum Gasteiger partial charge on any atom is -0.379 e. The van der Waals surface area contributed by atoms with Crippen LogP contribution >= 0.6 is 0 Å². The molecule has 6 heteroatoms. The van der Waals surface area contributed by atoms with Gasteiger partial charge >= 0.3 is 0 Å². The Labute approximate surface area is 114 Å². The van der Waals surface area contributed by atoms with Crippen molar-refractivity contribution in [3.05, 3.63) is 29.8 Å². The number of nitrogens with two attached hydrogens (primary N) is 1. The third-order valence-corrected chi connectivity index (χ3v) is 5.23. The van der Waals surface area contributed by atoms with Gasteiger partial charge in [-0.2, -0.15) is 4.31 Å². The van der Waals surface area contributed by atoms with Gasteiger partial charge in [0.1, 0.15) is 0 Å². The molecule has 0 bridgehead atoms. The molecule has 1 aliphatic heterocycles. The summed E-state index contributed by atoms with van der Waals surface area (Å²) in [6.07, 6.45) is 0.779. The summed E-state index contributed by atoms with van der Waals surface area (Å²) in [5.41, 5.74) is 6.81. The van der Waals surface area contributed by atoms with Crippen molar-refractivity contribution >= 4 is 10.0 Å². The van der Waals surface area contributed by atoms with E-state index in [1.807, 2.05) is 13.0 Å². The Morgan fingerprint density at radius 1 is 1.37 bits per heavy atom. The molecule has 0 radical (unpaired) electrons. The largest absolute Gasteiger partial charge is 0.379 e. The number of rotatable bonds is 4. The Kier molecular flexibility index (Phi) is 4.57. The number of ether oxygens (including phenoxy) is 1. The highest BCUT2D eigenvalue weighted by atomic mass is 32.2. The molecule has 0 aliphatic carbocycles. The first-order valence-electron chi connectivity index (χ1n) is 6.49. The smallest absolute Gasteiger partial charge is 0.243 e. The first-order chi connectivity index (χ1) is 9.05. The second-order valence-corrected chi connectivity index (χ2v) is 6.54. The third-order valence-electron chi connectivity index (χ3n) is 3.33. The molecule has 1 unspecified atom stereocenters. The lowest BCUT2D eigenvalue weighted by Gasteiger charge is -2.26. The van der Waals surface area contributed by atoms with Crippen molar-refractivity contribution in [2.45, 2.75) is 24.3 Å². The minimum atomic E-state index is -3.43. The van der Waals surface area contributed by atoms with Crippen molar-refractivity contribution in [2.75, 3.05) is 26.3 Å². The lowest BCUT2D eigenvalue weighted by molar-refractivity contribution is 0.0730. The predicted molar refractivity (Wildman–Crippen MR) is 73.2 cm³/mol. The van der Waals surface area contributed by atoms with Gasteiger partial charge in [0.25, 0.3) is 0 Å². The summed E-state index contributed by atoms with van der Waals surface area (Å²) in [5.74, 6) is 0. The van der Waals surface area contributed by atoms with E-state index in [1.165, 1.54) is 4.31 Å². The van der Waals surface area contributed by atoms with Crippen LogP contribution in [0.25, 0.3) is 0 Å². The first-order valence-corrected chi connectivity index (χ1v) is 7.93. The standard InChI is InChI=1S/C13H20N2O3S/c1-2-13(14)11-4-3-5-12(10-11)19(16,17)15-6-8-18-9-7-15/h3-5,10,13H,2,6-9,14H2,1H3. The predicted octanol–water partition coefficient (Wildman–Crippen LogP) is 1.12. The molecule has 5 nitrogen and oxygen atoms in total. The zero-order valence-corrected chi connectivity index (χ0v) is 11.9. The SMILES string of the molecule is CCC(N)c1cccc(S(=O)(=O)N2CCOCC2)c1. The molecule has 1 aromatic rings. The summed E-state index contributed by atoms with van der Waals surface area (Å²) in [7, 11) is -3.43. The maximum Gasteiger partial charge on any atom is 0.243 e. The number of hydrogen-bond donors (Lipinski definition) is 1. The van der Waals surface area contributed by atoms with Gasteiger partial charge in [-0.1, -0.05) is 19.1 Å². The second-order valence-electron chi connectivity index (χ2n) is 4.60. The van der Waals surface area contributed by atoms with Gasteiger partial charge in [-0.25, -0.2) is 8.42 Å². The monoisotopic (exact) mass is 284 g/mol. The van der Waals surface area contributed by atoms with Crippen molar-refractivity contribution in [1.29, 1.82) is 0 Å². The van der Waals surface area contributed by atoms with Crippen LogP contribution in [0, 0.1) is 0 Å². The summed E-state index contributed by atoms with van der Waals surface area (Å²) in [6, 6.07) is 6.79. The number of sulfonamides is 1.